The van der Waals surface area contributed by atoms with Gasteiger partial charge >= 0.3 is 0 Å². The fourth-order valence-corrected chi connectivity index (χ4v) is 1.84. The summed E-state index contributed by atoms with van der Waals surface area (Å²) >= 11 is 0. The summed E-state index contributed by atoms with van der Waals surface area (Å²) in [5.41, 5.74) is 3.40. The van der Waals surface area contributed by atoms with Crippen molar-refractivity contribution in [3.63, 3.8) is 0 Å². The monoisotopic (exact) mass is 185 g/mol. The zero-order valence-corrected chi connectivity index (χ0v) is 8.75. The molecule has 0 heterocycles. The van der Waals surface area contributed by atoms with Crippen molar-refractivity contribution in [1.29, 1.82) is 5.26 Å². The van der Waals surface area contributed by atoms with Crippen LogP contribution >= 0.6 is 0 Å². The van der Waals surface area contributed by atoms with Crippen LogP contribution in [0.4, 0.5) is 0 Å². The molecule has 1 nitrogen and oxygen atoms in total. The number of benzene rings is 1. The Balaban J connectivity index is 2.40. The van der Waals surface area contributed by atoms with Gasteiger partial charge in [-0.05, 0) is 41.9 Å². The quantitative estimate of drug-likeness (QED) is 0.691. The van der Waals surface area contributed by atoms with Crippen LogP contribution in [0.5, 0.6) is 0 Å². The fraction of sp³-hybridized carbons (Fsp3) is 0.462. The maximum absolute atomic E-state index is 9.04. The number of nitriles is 1. The highest BCUT2D eigenvalue weighted by Gasteiger charge is 2.24. The topological polar surface area (TPSA) is 23.8 Å². The molecule has 14 heavy (non-hydrogen) atoms. The average molecular weight is 185 g/mol. The molecule has 72 valence electrons. The lowest BCUT2D eigenvalue weighted by molar-refractivity contribution is 0.860. The van der Waals surface area contributed by atoms with Crippen LogP contribution in [0.2, 0.25) is 0 Å². The second kappa shape index (κ2) is 3.46. The maximum atomic E-state index is 9.04. The van der Waals surface area contributed by atoms with E-state index in [2.05, 4.69) is 38.1 Å². The Hall–Kier alpha value is -1.29. The number of nitrogens with zero attached hydrogens (tertiary/aromatic N) is 1. The molecule has 1 aliphatic rings. The van der Waals surface area contributed by atoms with Crippen molar-refractivity contribution in [2.75, 3.05) is 0 Å². The lowest BCUT2D eigenvalue weighted by atomic mass is 9.95. The largest absolute Gasteiger partial charge is 0.192 e. The lowest BCUT2D eigenvalue weighted by Gasteiger charge is -2.09. The van der Waals surface area contributed by atoms with Crippen LogP contribution in [0.15, 0.2) is 18.2 Å². The van der Waals surface area contributed by atoms with Crippen molar-refractivity contribution in [3.05, 3.63) is 34.9 Å². The molecule has 0 spiro atoms. The molecule has 1 aromatic rings. The van der Waals surface area contributed by atoms with Gasteiger partial charge in [0, 0.05) is 0 Å². The van der Waals surface area contributed by atoms with Crippen LogP contribution in [-0.4, -0.2) is 0 Å². The maximum Gasteiger partial charge on any atom is 0.0994 e. The normalized spacial score (nSPS) is 15.6. The first kappa shape index (κ1) is 9.27. The van der Waals surface area contributed by atoms with Crippen LogP contribution in [0.25, 0.3) is 0 Å². The van der Waals surface area contributed by atoms with Crippen LogP contribution in [0.1, 0.15) is 55.2 Å². The van der Waals surface area contributed by atoms with Gasteiger partial charge in [-0.15, -0.1) is 0 Å². The summed E-state index contributed by atoms with van der Waals surface area (Å²) in [4.78, 5) is 0. The molecule has 1 saturated carbocycles. The number of hydrogen-bond donors (Lipinski definition) is 0. The number of rotatable bonds is 2. The van der Waals surface area contributed by atoms with E-state index in [1.165, 1.54) is 24.0 Å². The van der Waals surface area contributed by atoms with Crippen molar-refractivity contribution < 1.29 is 0 Å². The van der Waals surface area contributed by atoms with E-state index in [-0.39, 0.29) is 0 Å². The Kier molecular flexibility index (Phi) is 2.29. The van der Waals surface area contributed by atoms with Crippen molar-refractivity contribution in [3.8, 4) is 6.07 Å². The van der Waals surface area contributed by atoms with E-state index in [9.17, 15) is 0 Å². The summed E-state index contributed by atoms with van der Waals surface area (Å²) in [7, 11) is 0. The molecule has 0 radical (unpaired) electrons. The highest BCUT2D eigenvalue weighted by Crippen LogP contribution is 2.40. The predicted molar refractivity (Wildman–Crippen MR) is 57.2 cm³/mol. The van der Waals surface area contributed by atoms with Gasteiger partial charge in [0.25, 0.3) is 0 Å². The summed E-state index contributed by atoms with van der Waals surface area (Å²) in [6.45, 7) is 4.26. The summed E-state index contributed by atoms with van der Waals surface area (Å²) in [6.07, 6.45) is 2.60. The van der Waals surface area contributed by atoms with Gasteiger partial charge < -0.3 is 0 Å². The van der Waals surface area contributed by atoms with Crippen molar-refractivity contribution in [2.45, 2.75) is 38.5 Å². The Morgan fingerprint density at radius 2 is 2.07 bits per heavy atom. The highest BCUT2D eigenvalue weighted by atomic mass is 14.3. The molecule has 0 aromatic heterocycles. The summed E-state index contributed by atoms with van der Waals surface area (Å²) in [5.74, 6) is 1.18. The van der Waals surface area contributed by atoms with Gasteiger partial charge in [0.05, 0.1) is 11.6 Å². The molecule has 0 atom stereocenters. The molecule has 1 aliphatic carbocycles. The van der Waals surface area contributed by atoms with Crippen LogP contribution in [0.3, 0.4) is 0 Å². The van der Waals surface area contributed by atoms with Gasteiger partial charge in [-0.1, -0.05) is 26.0 Å². The van der Waals surface area contributed by atoms with Crippen molar-refractivity contribution >= 4 is 0 Å². The minimum absolute atomic E-state index is 0.443. The van der Waals surface area contributed by atoms with E-state index in [0.717, 1.165) is 11.5 Å². The fourth-order valence-electron chi connectivity index (χ4n) is 1.84. The van der Waals surface area contributed by atoms with Gasteiger partial charge in [-0.25, -0.2) is 0 Å². The van der Waals surface area contributed by atoms with E-state index in [4.69, 9.17) is 5.26 Å². The minimum Gasteiger partial charge on any atom is -0.192 e. The summed E-state index contributed by atoms with van der Waals surface area (Å²) in [6, 6.07) is 8.69. The molecule has 0 bridgehead atoms. The molecular formula is C13H15N. The first-order valence-electron chi connectivity index (χ1n) is 5.26. The van der Waals surface area contributed by atoms with E-state index in [1.54, 1.807) is 0 Å². The van der Waals surface area contributed by atoms with Crippen LogP contribution < -0.4 is 0 Å². The molecule has 0 aliphatic heterocycles. The standard InChI is InChI=1S/C13H15N/c1-9(2)13-6-5-11(10-3-4-10)7-12(13)8-14/h5-7,9-10H,3-4H2,1-2H3. The molecule has 0 unspecified atom stereocenters. The van der Waals surface area contributed by atoms with Gasteiger partial charge in [0.2, 0.25) is 0 Å². The van der Waals surface area contributed by atoms with E-state index < -0.39 is 0 Å². The second-order valence-electron chi connectivity index (χ2n) is 4.39. The zero-order valence-electron chi connectivity index (χ0n) is 8.75. The molecule has 0 N–H and O–H groups in total. The SMILES string of the molecule is CC(C)c1ccc(C2CC2)cc1C#N. The summed E-state index contributed by atoms with van der Waals surface area (Å²) in [5, 5.41) is 9.04. The first-order chi connectivity index (χ1) is 6.72. The molecule has 1 heteroatoms. The van der Waals surface area contributed by atoms with Gasteiger partial charge in [-0.3, -0.25) is 0 Å². The smallest absolute Gasteiger partial charge is 0.0994 e. The van der Waals surface area contributed by atoms with Gasteiger partial charge in [0.15, 0.2) is 0 Å². The number of hydrogen-bond acceptors (Lipinski definition) is 1. The Labute approximate surface area is 85.4 Å². The Bertz CT molecular complexity index is 381. The van der Waals surface area contributed by atoms with Crippen LogP contribution in [-0.2, 0) is 0 Å². The van der Waals surface area contributed by atoms with E-state index in [0.29, 0.717) is 5.92 Å². The molecule has 0 saturated heterocycles. The van der Waals surface area contributed by atoms with E-state index in [1.807, 2.05) is 0 Å². The first-order valence-corrected chi connectivity index (χ1v) is 5.26. The van der Waals surface area contributed by atoms with Crippen molar-refractivity contribution in [1.82, 2.24) is 0 Å². The third-order valence-corrected chi connectivity index (χ3v) is 2.87. The third-order valence-electron chi connectivity index (χ3n) is 2.87. The Morgan fingerprint density at radius 1 is 1.36 bits per heavy atom. The highest BCUT2D eigenvalue weighted by molar-refractivity contribution is 5.44. The molecule has 2 rings (SSSR count). The Morgan fingerprint density at radius 3 is 2.57 bits per heavy atom. The molecular weight excluding hydrogens is 170 g/mol. The van der Waals surface area contributed by atoms with Crippen LogP contribution in [0, 0.1) is 11.3 Å². The van der Waals surface area contributed by atoms with Gasteiger partial charge in [0.1, 0.15) is 0 Å². The molecule has 0 amide bonds. The molecule has 1 aromatic carbocycles. The van der Waals surface area contributed by atoms with Gasteiger partial charge in [-0.2, -0.15) is 5.26 Å². The average Bonchev–Trinajstić information content (AvgIpc) is 3.00. The lowest BCUT2D eigenvalue weighted by Crippen LogP contribution is -1.94. The third kappa shape index (κ3) is 1.65. The summed E-state index contributed by atoms with van der Waals surface area (Å²) < 4.78 is 0. The predicted octanol–water partition coefficient (Wildman–Crippen LogP) is 3.56. The minimum atomic E-state index is 0.443. The van der Waals surface area contributed by atoms with E-state index >= 15 is 0 Å². The zero-order chi connectivity index (χ0) is 10.1. The molecule has 1 fully saturated rings. The second-order valence-corrected chi connectivity index (χ2v) is 4.39. The van der Waals surface area contributed by atoms with Crippen molar-refractivity contribution in [2.24, 2.45) is 0 Å².